The summed E-state index contributed by atoms with van der Waals surface area (Å²) in [4.78, 5) is 16.9. The van der Waals surface area contributed by atoms with E-state index in [1.165, 1.54) is 18.5 Å². The summed E-state index contributed by atoms with van der Waals surface area (Å²) < 4.78 is 6.01. The van der Waals surface area contributed by atoms with Crippen LogP contribution in [0.15, 0.2) is 77.2 Å². The molecule has 4 aromatic rings. The first-order valence-corrected chi connectivity index (χ1v) is 15.4. The fourth-order valence-electron chi connectivity index (χ4n) is 5.43. The molecule has 2 aliphatic heterocycles. The van der Waals surface area contributed by atoms with Crippen LogP contribution in [-0.2, 0) is 6.54 Å². The zero-order valence-electron chi connectivity index (χ0n) is 23.8. The topological polar surface area (TPSA) is 72.7 Å². The molecule has 42 heavy (non-hydrogen) atoms. The van der Waals surface area contributed by atoms with E-state index in [0.717, 1.165) is 73.9 Å². The highest BCUT2D eigenvalue weighted by Crippen LogP contribution is 2.28. The molecule has 0 saturated carbocycles. The number of para-hydroxylation sites is 1. The van der Waals surface area contributed by atoms with Gasteiger partial charge in [-0.3, -0.25) is 0 Å². The van der Waals surface area contributed by atoms with Crippen molar-refractivity contribution in [2.75, 3.05) is 59.3 Å². The third-order valence-electron chi connectivity index (χ3n) is 7.97. The van der Waals surface area contributed by atoms with Crippen LogP contribution in [0.2, 0.25) is 5.02 Å². The van der Waals surface area contributed by atoms with Crippen LogP contribution in [0.25, 0.3) is 11.3 Å². The van der Waals surface area contributed by atoms with Crippen molar-refractivity contribution in [3.05, 3.63) is 83.6 Å². The third-order valence-corrected chi connectivity index (χ3v) is 8.47. The van der Waals surface area contributed by atoms with E-state index in [2.05, 4.69) is 68.7 Å². The molecule has 10 heteroatoms. The predicted octanol–water partition coefficient (Wildman–Crippen LogP) is 6.44. The third kappa shape index (κ3) is 6.97. The molecule has 2 aliphatic rings. The van der Waals surface area contributed by atoms with Crippen LogP contribution < -0.4 is 25.3 Å². The van der Waals surface area contributed by atoms with Crippen LogP contribution >= 0.6 is 23.8 Å². The van der Waals surface area contributed by atoms with E-state index in [-0.39, 0.29) is 0 Å². The van der Waals surface area contributed by atoms with Gasteiger partial charge in [0.1, 0.15) is 23.2 Å². The Bertz CT molecular complexity index is 1480. The standard InChI is InChI=1S/C32H36ClN7OS/c1-23-13-15-39(16-14-23)29-21-30(40-19-17-38(18-20-40)26-5-3-2-4-6-26)36-31(35-29)37-32(42)34-22-27-11-12-28(41-27)24-7-9-25(33)10-8-24/h2-12,21,23H,13-20,22H2,1H3,(H2,34,35,36,37,42). The quantitative estimate of drug-likeness (QED) is 0.233. The second-order valence-corrected chi connectivity index (χ2v) is 11.8. The van der Waals surface area contributed by atoms with Crippen LogP contribution in [0, 0.1) is 5.92 Å². The minimum Gasteiger partial charge on any atom is -0.459 e. The number of hydrogen-bond acceptors (Lipinski definition) is 7. The van der Waals surface area contributed by atoms with Gasteiger partial charge in [0.25, 0.3) is 0 Å². The lowest BCUT2D eigenvalue weighted by Gasteiger charge is -2.37. The van der Waals surface area contributed by atoms with Gasteiger partial charge < -0.3 is 29.8 Å². The van der Waals surface area contributed by atoms with Crippen LogP contribution in [0.3, 0.4) is 0 Å². The largest absolute Gasteiger partial charge is 0.459 e. The molecule has 2 fully saturated rings. The van der Waals surface area contributed by atoms with Crippen molar-refractivity contribution in [3.8, 4) is 11.3 Å². The van der Waals surface area contributed by atoms with Gasteiger partial charge in [0.15, 0.2) is 5.11 Å². The van der Waals surface area contributed by atoms with Crippen molar-refractivity contribution < 1.29 is 4.42 Å². The van der Waals surface area contributed by atoms with Gasteiger partial charge in [-0.05, 0) is 79.5 Å². The van der Waals surface area contributed by atoms with E-state index in [1.807, 2.05) is 36.4 Å². The maximum absolute atomic E-state index is 6.02. The first kappa shape index (κ1) is 28.3. The number of piperazine rings is 1. The molecule has 0 unspecified atom stereocenters. The number of thiocarbonyl (C=S) groups is 1. The first-order valence-electron chi connectivity index (χ1n) is 14.6. The van der Waals surface area contributed by atoms with Crippen LogP contribution in [0.5, 0.6) is 0 Å². The minimum absolute atomic E-state index is 0.442. The van der Waals surface area contributed by atoms with Gasteiger partial charge in [0, 0.05) is 61.6 Å². The van der Waals surface area contributed by atoms with Crippen LogP contribution in [0.1, 0.15) is 25.5 Å². The Kier molecular flexibility index (Phi) is 8.76. The second kappa shape index (κ2) is 13.0. The Hall–Kier alpha value is -3.82. The van der Waals surface area contributed by atoms with Crippen molar-refractivity contribution in [2.24, 2.45) is 5.92 Å². The van der Waals surface area contributed by atoms with E-state index >= 15 is 0 Å². The number of nitrogens with one attached hydrogen (secondary N) is 2. The molecule has 0 spiro atoms. The van der Waals surface area contributed by atoms with E-state index in [9.17, 15) is 0 Å². The summed E-state index contributed by atoms with van der Waals surface area (Å²) in [5.74, 6) is 4.68. The monoisotopic (exact) mass is 601 g/mol. The normalized spacial score (nSPS) is 16.0. The highest BCUT2D eigenvalue weighted by Gasteiger charge is 2.23. The van der Waals surface area contributed by atoms with E-state index < -0.39 is 0 Å². The Balaban J connectivity index is 1.13. The minimum atomic E-state index is 0.442. The Morgan fingerprint density at radius 3 is 2.19 bits per heavy atom. The molecular weight excluding hydrogens is 566 g/mol. The van der Waals surface area contributed by atoms with Gasteiger partial charge in [0.05, 0.1) is 6.54 Å². The van der Waals surface area contributed by atoms with Crippen LogP contribution in [-0.4, -0.2) is 54.3 Å². The van der Waals surface area contributed by atoms with Gasteiger partial charge in [-0.25, -0.2) is 0 Å². The van der Waals surface area contributed by atoms with Crippen molar-refractivity contribution in [2.45, 2.75) is 26.3 Å². The van der Waals surface area contributed by atoms with Gasteiger partial charge in [-0.15, -0.1) is 0 Å². The number of benzene rings is 2. The second-order valence-electron chi connectivity index (χ2n) is 11.0. The van der Waals surface area contributed by atoms with Gasteiger partial charge in [-0.1, -0.05) is 36.7 Å². The predicted molar refractivity (Wildman–Crippen MR) is 176 cm³/mol. The smallest absolute Gasteiger partial charge is 0.232 e. The number of anilines is 4. The molecule has 6 rings (SSSR count). The molecule has 218 valence electrons. The fourth-order valence-corrected chi connectivity index (χ4v) is 5.72. The molecule has 0 atom stereocenters. The van der Waals surface area contributed by atoms with E-state index in [1.54, 1.807) is 0 Å². The summed E-state index contributed by atoms with van der Waals surface area (Å²) in [6.45, 7) is 8.41. The van der Waals surface area contributed by atoms with Crippen molar-refractivity contribution >= 4 is 52.2 Å². The molecule has 0 amide bonds. The molecule has 2 aromatic heterocycles. The molecule has 0 bridgehead atoms. The summed E-state index contributed by atoms with van der Waals surface area (Å²) >= 11 is 11.7. The van der Waals surface area contributed by atoms with Gasteiger partial charge >= 0.3 is 0 Å². The van der Waals surface area contributed by atoms with Crippen LogP contribution in [0.4, 0.5) is 23.3 Å². The zero-order valence-corrected chi connectivity index (χ0v) is 25.4. The lowest BCUT2D eigenvalue weighted by Crippen LogP contribution is -2.47. The van der Waals surface area contributed by atoms with E-state index in [0.29, 0.717) is 22.6 Å². The number of hydrogen-bond donors (Lipinski definition) is 2. The highest BCUT2D eigenvalue weighted by molar-refractivity contribution is 7.80. The molecule has 2 N–H and O–H groups in total. The number of piperidine rings is 1. The summed E-state index contributed by atoms with van der Waals surface area (Å²) in [5, 5.41) is 7.62. The summed E-state index contributed by atoms with van der Waals surface area (Å²) in [6, 6.07) is 24.2. The molecule has 2 saturated heterocycles. The SMILES string of the molecule is CC1CCN(c2cc(N3CCN(c4ccccc4)CC3)nc(NC(=S)NCc3ccc(-c4ccc(Cl)cc4)o3)n2)CC1. The summed E-state index contributed by atoms with van der Waals surface area (Å²) in [6.07, 6.45) is 2.33. The Morgan fingerprint density at radius 2 is 1.50 bits per heavy atom. The van der Waals surface area contributed by atoms with Crippen molar-refractivity contribution in [1.82, 2.24) is 15.3 Å². The Labute approximate surface area is 257 Å². The maximum Gasteiger partial charge on any atom is 0.232 e. The average Bonchev–Trinajstić information content (AvgIpc) is 3.50. The lowest BCUT2D eigenvalue weighted by atomic mass is 9.99. The van der Waals surface area contributed by atoms with Crippen molar-refractivity contribution in [3.63, 3.8) is 0 Å². The highest BCUT2D eigenvalue weighted by atomic mass is 35.5. The number of halogens is 1. The molecular formula is C32H36ClN7OS. The number of nitrogens with zero attached hydrogens (tertiary/aromatic N) is 5. The number of furan rings is 1. The molecule has 8 nitrogen and oxygen atoms in total. The van der Waals surface area contributed by atoms with Gasteiger partial charge in [-0.2, -0.15) is 9.97 Å². The van der Waals surface area contributed by atoms with Gasteiger partial charge in [0.2, 0.25) is 5.95 Å². The summed E-state index contributed by atoms with van der Waals surface area (Å²) in [5.41, 5.74) is 2.24. The lowest BCUT2D eigenvalue weighted by molar-refractivity contribution is 0.436. The molecule has 0 radical (unpaired) electrons. The maximum atomic E-state index is 6.02. The fraction of sp³-hybridized carbons (Fsp3) is 0.344. The molecule has 4 heterocycles. The van der Waals surface area contributed by atoms with E-state index in [4.69, 9.17) is 38.2 Å². The molecule has 0 aliphatic carbocycles. The Morgan fingerprint density at radius 1 is 0.857 bits per heavy atom. The molecule has 2 aromatic carbocycles. The van der Waals surface area contributed by atoms with Crippen molar-refractivity contribution in [1.29, 1.82) is 0 Å². The number of rotatable bonds is 7. The number of aromatic nitrogens is 2. The average molecular weight is 602 g/mol. The zero-order chi connectivity index (χ0) is 28.9. The summed E-state index contributed by atoms with van der Waals surface area (Å²) in [7, 11) is 0. The first-order chi connectivity index (χ1) is 20.5.